The van der Waals surface area contributed by atoms with E-state index < -0.39 is 11.8 Å². The molecule has 0 unspecified atom stereocenters. The zero-order valence-corrected chi connectivity index (χ0v) is 24.6. The van der Waals surface area contributed by atoms with Crippen LogP contribution in [0.2, 0.25) is 5.02 Å². The molecule has 0 aliphatic carbocycles. The van der Waals surface area contributed by atoms with Crippen molar-refractivity contribution in [1.29, 1.82) is 0 Å². The molecule has 8 nitrogen and oxygen atoms in total. The molecule has 4 N–H and O–H groups in total. The van der Waals surface area contributed by atoms with Gasteiger partial charge in [-0.2, -0.15) is 0 Å². The third kappa shape index (κ3) is 7.65. The first-order chi connectivity index (χ1) is 20.9. The van der Waals surface area contributed by atoms with Crippen LogP contribution in [0.5, 0.6) is 5.75 Å². The lowest BCUT2D eigenvalue weighted by Gasteiger charge is -2.12. The second-order valence-electron chi connectivity index (χ2n) is 9.33. The van der Waals surface area contributed by atoms with Gasteiger partial charge >= 0.3 is 0 Å². The van der Waals surface area contributed by atoms with Crippen molar-refractivity contribution in [2.45, 2.75) is 4.90 Å². The molecule has 1 aromatic heterocycles. The van der Waals surface area contributed by atoms with Crippen LogP contribution in [-0.2, 0) is 9.59 Å². The van der Waals surface area contributed by atoms with Crippen LogP contribution in [0, 0.1) is 0 Å². The minimum Gasteiger partial charge on any atom is -0.495 e. The van der Waals surface area contributed by atoms with Gasteiger partial charge in [0.15, 0.2) is 0 Å². The summed E-state index contributed by atoms with van der Waals surface area (Å²) in [6, 6.07) is 28.5. The Morgan fingerprint density at radius 2 is 1.65 bits per heavy atom. The smallest absolute Gasteiger partial charge is 0.272 e. The zero-order valence-electron chi connectivity index (χ0n) is 23.0. The van der Waals surface area contributed by atoms with E-state index in [1.807, 2.05) is 30.3 Å². The second-order valence-corrected chi connectivity index (χ2v) is 10.8. The number of nitrogens with one attached hydrogen (secondary N) is 4. The Hall–Kier alpha value is -4.99. The van der Waals surface area contributed by atoms with Crippen molar-refractivity contribution < 1.29 is 19.1 Å². The van der Waals surface area contributed by atoms with Crippen LogP contribution in [-0.4, -0.2) is 35.6 Å². The normalized spacial score (nSPS) is 11.2. The molecule has 0 aliphatic rings. The maximum Gasteiger partial charge on any atom is 0.272 e. The summed E-state index contributed by atoms with van der Waals surface area (Å²) >= 11 is 7.38. The summed E-state index contributed by atoms with van der Waals surface area (Å²) < 4.78 is 5.27. The Labute approximate surface area is 257 Å². The molecule has 0 radical (unpaired) electrons. The predicted molar refractivity (Wildman–Crippen MR) is 173 cm³/mol. The third-order valence-corrected chi connectivity index (χ3v) is 7.61. The molecule has 0 atom stereocenters. The quantitative estimate of drug-likeness (QED) is 0.101. The summed E-state index contributed by atoms with van der Waals surface area (Å²) in [5.41, 5.74) is 3.21. The van der Waals surface area contributed by atoms with Gasteiger partial charge < -0.3 is 25.7 Å². The van der Waals surface area contributed by atoms with Crippen molar-refractivity contribution in [2.24, 2.45) is 0 Å². The number of para-hydroxylation sites is 1. The average molecular weight is 611 g/mol. The SMILES string of the molecule is COc1ccc(Cl)cc1NC(=O)CSc1ccc(NC(=O)/C(=C/c2c[nH]c3ccccc23)NC(=O)c2ccccc2)cc1. The fourth-order valence-corrected chi connectivity index (χ4v) is 5.13. The van der Waals surface area contributed by atoms with E-state index in [-0.39, 0.29) is 17.4 Å². The first-order valence-electron chi connectivity index (χ1n) is 13.2. The van der Waals surface area contributed by atoms with Crippen LogP contribution in [0.25, 0.3) is 17.0 Å². The van der Waals surface area contributed by atoms with Crippen molar-refractivity contribution in [2.75, 3.05) is 23.5 Å². The number of carbonyl (C=O) groups is 3. The van der Waals surface area contributed by atoms with Crippen molar-refractivity contribution in [3.63, 3.8) is 0 Å². The Morgan fingerprint density at radius 3 is 2.42 bits per heavy atom. The summed E-state index contributed by atoms with van der Waals surface area (Å²) in [5.74, 6) is -0.429. The predicted octanol–water partition coefficient (Wildman–Crippen LogP) is 6.97. The lowest BCUT2D eigenvalue weighted by Crippen LogP contribution is -2.30. The van der Waals surface area contributed by atoms with Crippen LogP contribution in [0.1, 0.15) is 15.9 Å². The van der Waals surface area contributed by atoms with Gasteiger partial charge in [0.2, 0.25) is 5.91 Å². The number of H-pyrrole nitrogens is 1. The lowest BCUT2D eigenvalue weighted by molar-refractivity contribution is -0.114. The summed E-state index contributed by atoms with van der Waals surface area (Å²) in [6.45, 7) is 0. The lowest BCUT2D eigenvalue weighted by atomic mass is 10.1. The van der Waals surface area contributed by atoms with E-state index in [0.717, 1.165) is 21.4 Å². The summed E-state index contributed by atoms with van der Waals surface area (Å²) in [6.07, 6.45) is 3.43. The largest absolute Gasteiger partial charge is 0.495 e. The number of rotatable bonds is 10. The van der Waals surface area contributed by atoms with E-state index in [1.54, 1.807) is 79.0 Å². The third-order valence-electron chi connectivity index (χ3n) is 6.37. The Bertz CT molecular complexity index is 1800. The van der Waals surface area contributed by atoms with Gasteiger partial charge in [0.05, 0.1) is 18.6 Å². The molecule has 10 heteroatoms. The number of aromatic amines is 1. The van der Waals surface area contributed by atoms with Crippen molar-refractivity contribution in [3.05, 3.63) is 125 Å². The molecular weight excluding hydrogens is 584 g/mol. The highest BCUT2D eigenvalue weighted by Crippen LogP contribution is 2.28. The van der Waals surface area contributed by atoms with Crippen LogP contribution in [0.3, 0.4) is 0 Å². The first-order valence-corrected chi connectivity index (χ1v) is 14.6. The van der Waals surface area contributed by atoms with Gasteiger partial charge in [0, 0.05) is 43.8 Å². The van der Waals surface area contributed by atoms with Crippen LogP contribution in [0.15, 0.2) is 114 Å². The molecular formula is C33H27ClN4O4S. The molecule has 0 bridgehead atoms. The number of hydrogen-bond acceptors (Lipinski definition) is 5. The van der Waals surface area contributed by atoms with E-state index in [4.69, 9.17) is 16.3 Å². The van der Waals surface area contributed by atoms with E-state index in [1.165, 1.54) is 18.9 Å². The fraction of sp³-hybridized carbons (Fsp3) is 0.0606. The van der Waals surface area contributed by atoms with Gasteiger partial charge in [0.25, 0.3) is 11.8 Å². The molecule has 0 aliphatic heterocycles. The molecule has 1 heterocycles. The Balaban J connectivity index is 1.26. The number of thioether (sulfide) groups is 1. The highest BCUT2D eigenvalue weighted by atomic mass is 35.5. The van der Waals surface area contributed by atoms with Gasteiger partial charge in [-0.3, -0.25) is 14.4 Å². The highest BCUT2D eigenvalue weighted by molar-refractivity contribution is 8.00. The standard InChI is InChI=1S/C33H27ClN4O4S/c1-42-30-16-11-23(34)18-28(30)37-31(39)20-43-25-14-12-24(13-15-25)36-33(41)29(38-32(40)21-7-3-2-4-8-21)17-22-19-35-27-10-6-5-9-26(22)27/h2-19,35H,20H2,1H3,(H,36,41)(H,37,39)(H,38,40)/b29-17-. The van der Waals surface area contributed by atoms with Crippen LogP contribution < -0.4 is 20.7 Å². The number of anilines is 2. The minimum absolute atomic E-state index is 0.0881. The molecule has 0 saturated heterocycles. The topological polar surface area (TPSA) is 112 Å². The number of aromatic nitrogens is 1. The van der Waals surface area contributed by atoms with Gasteiger partial charge in [0.1, 0.15) is 11.4 Å². The van der Waals surface area contributed by atoms with E-state index in [0.29, 0.717) is 27.7 Å². The molecule has 0 spiro atoms. The molecule has 5 aromatic rings. The molecule has 4 aromatic carbocycles. The van der Waals surface area contributed by atoms with Crippen LogP contribution in [0.4, 0.5) is 11.4 Å². The van der Waals surface area contributed by atoms with Gasteiger partial charge in [-0.1, -0.05) is 48.0 Å². The summed E-state index contributed by atoms with van der Waals surface area (Å²) in [7, 11) is 1.52. The van der Waals surface area contributed by atoms with Crippen LogP contribution >= 0.6 is 23.4 Å². The number of halogens is 1. The van der Waals surface area contributed by atoms with Crippen molar-refractivity contribution in [3.8, 4) is 5.75 Å². The minimum atomic E-state index is -0.482. The first kappa shape index (κ1) is 29.5. The molecule has 3 amide bonds. The van der Waals surface area contributed by atoms with Gasteiger partial charge in [-0.15, -0.1) is 11.8 Å². The number of fused-ring (bicyclic) bond motifs is 1. The van der Waals surface area contributed by atoms with Crippen molar-refractivity contribution in [1.82, 2.24) is 10.3 Å². The average Bonchev–Trinajstić information content (AvgIpc) is 3.43. The van der Waals surface area contributed by atoms with Gasteiger partial charge in [-0.25, -0.2) is 0 Å². The number of carbonyl (C=O) groups excluding carboxylic acids is 3. The number of benzene rings is 4. The van der Waals surface area contributed by atoms with E-state index in [2.05, 4.69) is 20.9 Å². The molecule has 0 saturated carbocycles. The highest BCUT2D eigenvalue weighted by Gasteiger charge is 2.16. The van der Waals surface area contributed by atoms with Crippen molar-refractivity contribution >= 4 is 69.4 Å². The molecule has 0 fully saturated rings. The zero-order chi connectivity index (χ0) is 30.2. The fourth-order valence-electron chi connectivity index (χ4n) is 4.26. The molecule has 216 valence electrons. The van der Waals surface area contributed by atoms with E-state index in [9.17, 15) is 14.4 Å². The van der Waals surface area contributed by atoms with Gasteiger partial charge in [-0.05, 0) is 66.7 Å². The molecule has 43 heavy (non-hydrogen) atoms. The molecule has 5 rings (SSSR count). The Kier molecular flexibility index (Phi) is 9.46. The summed E-state index contributed by atoms with van der Waals surface area (Å²) in [5, 5.41) is 9.83. The summed E-state index contributed by atoms with van der Waals surface area (Å²) in [4.78, 5) is 42.9. The second kappa shape index (κ2) is 13.8. The van der Waals surface area contributed by atoms with E-state index >= 15 is 0 Å². The number of methoxy groups -OCH3 is 1. The number of amides is 3. The number of hydrogen-bond donors (Lipinski definition) is 4. The number of ether oxygens (including phenoxy) is 1. The monoisotopic (exact) mass is 610 g/mol. The Morgan fingerprint density at radius 1 is 0.907 bits per heavy atom. The maximum absolute atomic E-state index is 13.4. The maximum atomic E-state index is 13.4.